The molecule has 1 fully saturated rings. The van der Waals surface area contributed by atoms with Gasteiger partial charge in [-0.15, -0.1) is 0 Å². The number of carbonyl (C=O) groups is 2. The van der Waals surface area contributed by atoms with Gasteiger partial charge >= 0.3 is 23.7 Å². The molecule has 2 amide bonds. The smallest absolute Gasteiger partial charge is 0.475 e. The van der Waals surface area contributed by atoms with Gasteiger partial charge in [0.05, 0.1) is 4.90 Å². The number of hydrogen-bond donors (Lipinski definition) is 2. The molecular formula is C19H15F6N3O5S2. The first-order valence-corrected chi connectivity index (χ1v) is 11.1. The maximum Gasteiger partial charge on any atom is 0.501 e. The highest BCUT2D eigenvalue weighted by Gasteiger charge is 2.49. The van der Waals surface area contributed by atoms with Crippen LogP contribution in [0.1, 0.15) is 18.1 Å². The zero-order valence-electron chi connectivity index (χ0n) is 17.4. The Kier molecular flexibility index (Phi) is 7.81. The van der Waals surface area contributed by atoms with Gasteiger partial charge in [0.2, 0.25) is 0 Å². The number of alkyl halides is 6. The largest absolute Gasteiger partial charge is 0.501 e. The van der Waals surface area contributed by atoms with Crippen molar-refractivity contribution >= 4 is 39.0 Å². The number of urea groups is 1. The number of pyridine rings is 1. The van der Waals surface area contributed by atoms with Gasteiger partial charge in [-0.1, -0.05) is 24.4 Å². The number of aliphatic carboxylic acids is 1. The minimum atomic E-state index is -5.46. The molecule has 0 unspecified atom stereocenters. The number of thiocarbonyl (C=S) groups is 1. The number of amides is 2. The lowest BCUT2D eigenvalue weighted by Gasteiger charge is -2.34. The molecule has 1 aliphatic rings. The maximum absolute atomic E-state index is 12.7. The molecule has 2 aromatic rings. The third kappa shape index (κ3) is 5.87. The molecule has 2 N–H and O–H groups in total. The average molecular weight is 543 g/mol. The van der Waals surface area contributed by atoms with E-state index in [1.807, 2.05) is 0 Å². The van der Waals surface area contributed by atoms with Crippen LogP contribution in [0, 0.1) is 0 Å². The molecule has 1 aromatic heterocycles. The molecule has 1 atom stereocenters. The second kappa shape index (κ2) is 9.77. The molecule has 35 heavy (non-hydrogen) atoms. The van der Waals surface area contributed by atoms with Gasteiger partial charge in [0, 0.05) is 18.9 Å². The van der Waals surface area contributed by atoms with Crippen molar-refractivity contribution in [3.8, 4) is 0 Å². The first kappa shape index (κ1) is 28.0. The summed E-state index contributed by atoms with van der Waals surface area (Å²) >= 11 is 5.29. The molecule has 1 aromatic carbocycles. The minimum Gasteiger partial charge on any atom is -0.475 e. The predicted octanol–water partition coefficient (Wildman–Crippen LogP) is 3.78. The normalized spacial score (nSPS) is 18.5. The summed E-state index contributed by atoms with van der Waals surface area (Å²) in [5.41, 5.74) is -5.40. The highest BCUT2D eigenvalue weighted by Crippen LogP contribution is 2.37. The number of carbonyl (C=O) groups excluding carboxylic acids is 1. The Morgan fingerprint density at radius 2 is 1.57 bits per heavy atom. The van der Waals surface area contributed by atoms with E-state index in [4.69, 9.17) is 22.1 Å². The Labute approximate surface area is 199 Å². The third-order valence-corrected chi connectivity index (χ3v) is 6.81. The van der Waals surface area contributed by atoms with Crippen molar-refractivity contribution in [2.45, 2.75) is 35.6 Å². The van der Waals surface area contributed by atoms with Crippen LogP contribution in [0.4, 0.5) is 31.1 Å². The number of nitrogens with one attached hydrogen (secondary N) is 1. The van der Waals surface area contributed by atoms with Crippen LogP contribution in [-0.4, -0.2) is 52.1 Å². The van der Waals surface area contributed by atoms with Gasteiger partial charge in [0.25, 0.3) is 9.84 Å². The van der Waals surface area contributed by atoms with E-state index in [0.29, 0.717) is 5.56 Å². The maximum atomic E-state index is 12.7. The number of aromatic nitrogens is 1. The van der Waals surface area contributed by atoms with E-state index >= 15 is 0 Å². The summed E-state index contributed by atoms with van der Waals surface area (Å²) in [5, 5.41) is 9.67. The van der Waals surface area contributed by atoms with Crippen molar-refractivity contribution in [2.24, 2.45) is 0 Å². The summed E-state index contributed by atoms with van der Waals surface area (Å²) in [7, 11) is -5.46. The Morgan fingerprint density at radius 3 is 2.00 bits per heavy atom. The standard InChI is InChI=1S/C17H14F3N3O3S2.C2HF3O2/c1-16(12-2-4-13(5-3-12)28(25,26)17(18,19)20)14(27)22-15(24)23(16)10-11-6-8-21-9-7-11;3-2(4,5)1(6)7/h2-9H,10H2,1H3,(H,22,24,27);(H,6,7)/t16-;/m0./s1. The molecule has 0 spiro atoms. The zero-order chi connectivity index (χ0) is 26.8. The quantitative estimate of drug-likeness (QED) is 0.446. The van der Waals surface area contributed by atoms with Crippen molar-refractivity contribution in [3.05, 3.63) is 59.9 Å². The number of hydrogen-bond acceptors (Lipinski definition) is 6. The van der Waals surface area contributed by atoms with Crippen LogP contribution in [0.15, 0.2) is 53.7 Å². The summed E-state index contributed by atoms with van der Waals surface area (Å²) in [6.45, 7) is 1.81. The summed E-state index contributed by atoms with van der Waals surface area (Å²) in [6, 6.07) is 7.15. The van der Waals surface area contributed by atoms with E-state index in [2.05, 4.69) is 10.3 Å². The van der Waals surface area contributed by atoms with E-state index in [1.165, 1.54) is 17.0 Å². The van der Waals surface area contributed by atoms with E-state index in [0.717, 1.165) is 17.7 Å². The number of sulfone groups is 1. The van der Waals surface area contributed by atoms with Gasteiger partial charge in [-0.05, 0) is 42.3 Å². The molecule has 190 valence electrons. The second-order valence-corrected chi connectivity index (χ2v) is 9.40. The molecule has 0 bridgehead atoms. The van der Waals surface area contributed by atoms with E-state index in [-0.39, 0.29) is 11.5 Å². The number of carboxylic acids is 1. The molecule has 8 nitrogen and oxygen atoms in total. The van der Waals surface area contributed by atoms with Crippen molar-refractivity contribution in [1.82, 2.24) is 15.2 Å². The number of nitrogens with zero attached hydrogens (tertiary/aromatic N) is 2. The Morgan fingerprint density at radius 1 is 1.09 bits per heavy atom. The topological polar surface area (TPSA) is 117 Å². The van der Waals surface area contributed by atoms with E-state index in [9.17, 15) is 39.6 Å². The Balaban J connectivity index is 0.000000540. The second-order valence-electron chi connectivity index (χ2n) is 7.05. The molecule has 0 saturated carbocycles. The monoisotopic (exact) mass is 543 g/mol. The lowest BCUT2D eigenvalue weighted by atomic mass is 9.91. The fourth-order valence-corrected chi connectivity index (χ4v) is 3.97. The van der Waals surface area contributed by atoms with Crippen LogP contribution in [0.2, 0.25) is 0 Å². The van der Waals surface area contributed by atoms with Crippen molar-refractivity contribution in [1.29, 1.82) is 0 Å². The van der Waals surface area contributed by atoms with Gasteiger partial charge in [-0.25, -0.2) is 18.0 Å². The van der Waals surface area contributed by atoms with Gasteiger partial charge in [-0.2, -0.15) is 26.3 Å². The Bertz CT molecular complexity index is 1220. The summed E-state index contributed by atoms with van der Waals surface area (Å²) in [5.74, 6) is -2.76. The molecular weight excluding hydrogens is 528 g/mol. The fraction of sp³-hybridized carbons (Fsp3) is 0.263. The van der Waals surface area contributed by atoms with Gasteiger partial charge < -0.3 is 10.0 Å². The Hall–Kier alpha value is -3.27. The molecule has 1 saturated heterocycles. The first-order valence-electron chi connectivity index (χ1n) is 9.16. The zero-order valence-corrected chi connectivity index (χ0v) is 19.0. The van der Waals surface area contributed by atoms with Crippen molar-refractivity contribution < 1.29 is 49.5 Å². The van der Waals surface area contributed by atoms with Gasteiger partial charge in [0.15, 0.2) is 0 Å². The molecule has 0 radical (unpaired) electrons. The molecule has 2 heterocycles. The SMILES string of the molecule is C[C@]1(c2ccc(S(=O)(=O)C(F)(F)F)cc2)C(=S)NC(=O)N1Cc1ccncc1.O=C(O)C(F)(F)F. The lowest BCUT2D eigenvalue weighted by Crippen LogP contribution is -2.43. The van der Waals surface area contributed by atoms with Crippen LogP contribution < -0.4 is 5.32 Å². The fourth-order valence-electron chi connectivity index (χ4n) is 2.89. The number of halogens is 6. The van der Waals surface area contributed by atoms with Crippen molar-refractivity contribution in [3.63, 3.8) is 0 Å². The summed E-state index contributed by atoms with van der Waals surface area (Å²) in [6.07, 6.45) is -1.95. The lowest BCUT2D eigenvalue weighted by molar-refractivity contribution is -0.192. The van der Waals surface area contributed by atoms with Crippen LogP contribution in [0.25, 0.3) is 0 Å². The summed E-state index contributed by atoms with van der Waals surface area (Å²) in [4.78, 5) is 25.9. The van der Waals surface area contributed by atoms with Crippen LogP contribution in [0.3, 0.4) is 0 Å². The van der Waals surface area contributed by atoms with Crippen LogP contribution in [-0.2, 0) is 26.7 Å². The first-order chi connectivity index (χ1) is 15.9. The summed E-state index contributed by atoms with van der Waals surface area (Å²) < 4.78 is 93.1. The highest BCUT2D eigenvalue weighted by atomic mass is 32.2. The molecule has 16 heteroatoms. The number of carboxylic acid groups (broad SMARTS) is 1. The van der Waals surface area contributed by atoms with Crippen LogP contribution >= 0.6 is 12.2 Å². The van der Waals surface area contributed by atoms with E-state index < -0.39 is 44.0 Å². The third-order valence-electron chi connectivity index (χ3n) is 4.81. The highest BCUT2D eigenvalue weighted by molar-refractivity contribution is 7.92. The predicted molar refractivity (Wildman–Crippen MR) is 112 cm³/mol. The van der Waals surface area contributed by atoms with Crippen molar-refractivity contribution in [2.75, 3.05) is 0 Å². The van der Waals surface area contributed by atoms with Gasteiger partial charge in [-0.3, -0.25) is 10.3 Å². The molecule has 1 aliphatic heterocycles. The van der Waals surface area contributed by atoms with Crippen LogP contribution in [0.5, 0.6) is 0 Å². The number of rotatable bonds is 4. The van der Waals surface area contributed by atoms with Gasteiger partial charge in [0.1, 0.15) is 10.5 Å². The molecule has 3 rings (SSSR count). The van der Waals surface area contributed by atoms with E-state index in [1.54, 1.807) is 31.5 Å². The number of benzene rings is 1. The molecule has 0 aliphatic carbocycles. The minimum absolute atomic E-state index is 0.165. The average Bonchev–Trinajstić information content (AvgIpc) is 2.97.